The van der Waals surface area contributed by atoms with Crippen molar-refractivity contribution in [1.82, 2.24) is 9.88 Å². The van der Waals surface area contributed by atoms with Crippen molar-refractivity contribution in [3.8, 4) is 0 Å². The highest BCUT2D eigenvalue weighted by Crippen LogP contribution is 2.40. The lowest BCUT2D eigenvalue weighted by atomic mass is 9.84. The Morgan fingerprint density at radius 3 is 2.62 bits per heavy atom. The van der Waals surface area contributed by atoms with Crippen LogP contribution in [0.4, 0.5) is 0 Å². The van der Waals surface area contributed by atoms with E-state index in [2.05, 4.69) is 25.8 Å². The van der Waals surface area contributed by atoms with Gasteiger partial charge in [0.05, 0.1) is 17.4 Å². The maximum Gasteiger partial charge on any atom is 0.295 e. The first kappa shape index (κ1) is 22.2. The standard InChI is InChI=1S/C26H30N2O4/c1-16-10-11-17(26(2,3)4)14-19(16)23(29)21-22(20-9-5-6-12-27-20)28(25(31)24(21)30)15-18-8-7-13-32-18/h5-6,9-12,14,18,22,29H,7-8,13,15H2,1-4H3/b23-21+. The summed E-state index contributed by atoms with van der Waals surface area (Å²) in [6, 6.07) is 10.5. The van der Waals surface area contributed by atoms with Gasteiger partial charge in [0.25, 0.3) is 11.7 Å². The summed E-state index contributed by atoms with van der Waals surface area (Å²) >= 11 is 0. The summed E-state index contributed by atoms with van der Waals surface area (Å²) in [5.41, 5.74) is 2.94. The molecular weight excluding hydrogens is 404 g/mol. The molecule has 2 fully saturated rings. The number of carbonyl (C=O) groups is 2. The van der Waals surface area contributed by atoms with Gasteiger partial charge in [0.15, 0.2) is 0 Å². The highest BCUT2D eigenvalue weighted by atomic mass is 16.5. The Hall–Kier alpha value is -2.99. The van der Waals surface area contributed by atoms with Crippen molar-refractivity contribution < 1.29 is 19.4 Å². The summed E-state index contributed by atoms with van der Waals surface area (Å²) in [7, 11) is 0. The third kappa shape index (κ3) is 4.07. The van der Waals surface area contributed by atoms with Gasteiger partial charge in [-0.15, -0.1) is 0 Å². The Balaban J connectivity index is 1.86. The molecule has 32 heavy (non-hydrogen) atoms. The second-order valence-corrected chi connectivity index (χ2v) is 9.62. The number of Topliss-reactive ketones (excluding diaryl/α,β-unsaturated/α-hetero) is 1. The third-order valence-electron chi connectivity index (χ3n) is 6.29. The van der Waals surface area contributed by atoms with E-state index in [0.29, 0.717) is 24.4 Å². The fraction of sp³-hybridized carbons (Fsp3) is 0.423. The number of ether oxygens (including phenoxy) is 1. The molecule has 6 nitrogen and oxygen atoms in total. The van der Waals surface area contributed by atoms with Crippen LogP contribution in [0.2, 0.25) is 0 Å². The first-order chi connectivity index (χ1) is 15.2. The first-order valence-electron chi connectivity index (χ1n) is 11.1. The number of likely N-dealkylation sites (tertiary alicyclic amines) is 1. The van der Waals surface area contributed by atoms with E-state index in [4.69, 9.17) is 4.74 Å². The van der Waals surface area contributed by atoms with Crippen LogP contribution in [0.25, 0.3) is 5.76 Å². The summed E-state index contributed by atoms with van der Waals surface area (Å²) in [6.45, 7) is 9.12. The van der Waals surface area contributed by atoms with Gasteiger partial charge in [0.1, 0.15) is 11.8 Å². The molecule has 2 aliphatic rings. The Morgan fingerprint density at radius 1 is 1.22 bits per heavy atom. The number of aromatic nitrogens is 1. The Labute approximate surface area is 188 Å². The number of rotatable bonds is 4. The zero-order valence-electron chi connectivity index (χ0n) is 19.1. The highest BCUT2D eigenvalue weighted by molar-refractivity contribution is 6.46. The lowest BCUT2D eigenvalue weighted by molar-refractivity contribution is -0.140. The number of ketones is 1. The molecule has 2 atom stereocenters. The van der Waals surface area contributed by atoms with Crippen molar-refractivity contribution in [1.29, 1.82) is 0 Å². The number of aliphatic hydroxyl groups is 1. The van der Waals surface area contributed by atoms with Gasteiger partial charge in [-0.3, -0.25) is 14.6 Å². The van der Waals surface area contributed by atoms with Crippen molar-refractivity contribution in [3.63, 3.8) is 0 Å². The van der Waals surface area contributed by atoms with E-state index in [1.54, 1.807) is 18.3 Å². The summed E-state index contributed by atoms with van der Waals surface area (Å²) in [5, 5.41) is 11.4. The molecule has 1 N–H and O–H groups in total. The highest BCUT2D eigenvalue weighted by Gasteiger charge is 2.47. The number of hydrogen-bond donors (Lipinski definition) is 1. The van der Waals surface area contributed by atoms with Gasteiger partial charge in [-0.25, -0.2) is 0 Å². The van der Waals surface area contributed by atoms with Crippen LogP contribution >= 0.6 is 0 Å². The van der Waals surface area contributed by atoms with Gasteiger partial charge in [-0.1, -0.05) is 39.0 Å². The van der Waals surface area contributed by atoms with Crippen molar-refractivity contribution >= 4 is 17.4 Å². The minimum Gasteiger partial charge on any atom is -0.507 e. The van der Waals surface area contributed by atoms with E-state index < -0.39 is 17.7 Å². The van der Waals surface area contributed by atoms with E-state index in [1.165, 1.54) is 4.90 Å². The van der Waals surface area contributed by atoms with Gasteiger partial charge in [-0.2, -0.15) is 0 Å². The molecule has 1 aromatic heterocycles. The molecule has 2 saturated heterocycles. The number of aliphatic hydroxyl groups excluding tert-OH is 1. The quantitative estimate of drug-likeness (QED) is 0.441. The summed E-state index contributed by atoms with van der Waals surface area (Å²) in [4.78, 5) is 32.2. The van der Waals surface area contributed by atoms with E-state index in [9.17, 15) is 14.7 Å². The molecule has 0 radical (unpaired) electrons. The largest absolute Gasteiger partial charge is 0.507 e. The molecule has 0 saturated carbocycles. The van der Waals surface area contributed by atoms with Crippen LogP contribution in [0.5, 0.6) is 0 Å². The van der Waals surface area contributed by atoms with Gasteiger partial charge in [0.2, 0.25) is 0 Å². The zero-order chi connectivity index (χ0) is 23.0. The van der Waals surface area contributed by atoms with Crippen molar-refractivity contribution in [2.75, 3.05) is 13.2 Å². The van der Waals surface area contributed by atoms with Crippen LogP contribution < -0.4 is 0 Å². The first-order valence-corrected chi connectivity index (χ1v) is 11.1. The third-order valence-corrected chi connectivity index (χ3v) is 6.29. The molecule has 168 valence electrons. The van der Waals surface area contributed by atoms with Crippen molar-refractivity contribution in [3.05, 3.63) is 70.6 Å². The molecule has 1 amide bonds. The van der Waals surface area contributed by atoms with Crippen LogP contribution in [0, 0.1) is 6.92 Å². The number of nitrogens with zero attached hydrogens (tertiary/aromatic N) is 2. The lowest BCUT2D eigenvalue weighted by Gasteiger charge is -2.27. The molecular formula is C26H30N2O4. The fourth-order valence-corrected chi connectivity index (χ4v) is 4.41. The van der Waals surface area contributed by atoms with Crippen LogP contribution in [0.1, 0.15) is 62.0 Å². The number of pyridine rings is 1. The normalized spacial score (nSPS) is 23.2. The number of amides is 1. The topological polar surface area (TPSA) is 79.7 Å². The summed E-state index contributed by atoms with van der Waals surface area (Å²) < 4.78 is 5.73. The maximum atomic E-state index is 13.2. The Bertz CT molecular complexity index is 1060. The lowest BCUT2D eigenvalue weighted by Crippen LogP contribution is -2.36. The molecule has 2 aromatic rings. The Kier molecular flexibility index (Phi) is 5.91. The van der Waals surface area contributed by atoms with E-state index >= 15 is 0 Å². The molecule has 2 unspecified atom stereocenters. The van der Waals surface area contributed by atoms with Gasteiger partial charge in [-0.05, 0) is 54.5 Å². The smallest absolute Gasteiger partial charge is 0.295 e. The molecule has 1 aromatic carbocycles. The van der Waals surface area contributed by atoms with E-state index in [-0.39, 0.29) is 22.9 Å². The molecule has 0 aliphatic carbocycles. The van der Waals surface area contributed by atoms with Crippen molar-refractivity contribution in [2.45, 2.75) is 58.1 Å². The Morgan fingerprint density at radius 2 is 2.00 bits per heavy atom. The van der Waals surface area contributed by atoms with Crippen LogP contribution in [-0.2, 0) is 19.7 Å². The summed E-state index contributed by atoms with van der Waals surface area (Å²) in [5.74, 6) is -1.46. The molecule has 4 rings (SSSR count). The van der Waals surface area contributed by atoms with Gasteiger partial charge >= 0.3 is 0 Å². The second kappa shape index (κ2) is 8.51. The predicted octanol–water partition coefficient (Wildman–Crippen LogP) is 4.29. The van der Waals surface area contributed by atoms with Crippen LogP contribution in [0.15, 0.2) is 48.2 Å². The fourth-order valence-electron chi connectivity index (χ4n) is 4.41. The number of aryl methyl sites for hydroxylation is 1. The van der Waals surface area contributed by atoms with E-state index in [0.717, 1.165) is 24.0 Å². The van der Waals surface area contributed by atoms with E-state index in [1.807, 2.05) is 31.2 Å². The van der Waals surface area contributed by atoms with Crippen LogP contribution in [-0.4, -0.2) is 45.9 Å². The molecule has 2 aliphatic heterocycles. The number of carbonyl (C=O) groups excluding carboxylic acids is 2. The van der Waals surface area contributed by atoms with Gasteiger partial charge < -0.3 is 14.7 Å². The van der Waals surface area contributed by atoms with Gasteiger partial charge in [0, 0.05) is 24.9 Å². The monoisotopic (exact) mass is 434 g/mol. The number of hydrogen-bond acceptors (Lipinski definition) is 5. The minimum absolute atomic E-state index is 0.0841. The minimum atomic E-state index is -0.752. The van der Waals surface area contributed by atoms with Crippen molar-refractivity contribution in [2.24, 2.45) is 0 Å². The summed E-state index contributed by atoms with van der Waals surface area (Å²) in [6.07, 6.45) is 3.28. The SMILES string of the molecule is Cc1ccc(C(C)(C)C)cc1/C(O)=C1\C(=O)C(=O)N(CC2CCCO2)C1c1ccccn1. The predicted molar refractivity (Wildman–Crippen MR) is 122 cm³/mol. The average Bonchev–Trinajstić information content (AvgIpc) is 3.36. The number of benzene rings is 1. The maximum absolute atomic E-state index is 13.2. The molecule has 6 heteroatoms. The molecule has 0 bridgehead atoms. The second-order valence-electron chi connectivity index (χ2n) is 9.62. The molecule has 0 spiro atoms. The van der Waals surface area contributed by atoms with Crippen LogP contribution in [0.3, 0.4) is 0 Å². The zero-order valence-corrected chi connectivity index (χ0v) is 19.1. The molecule has 3 heterocycles. The average molecular weight is 435 g/mol.